The van der Waals surface area contributed by atoms with Gasteiger partial charge >= 0.3 is 0 Å². The van der Waals surface area contributed by atoms with E-state index in [1.807, 2.05) is 0 Å². The zero-order valence-corrected chi connectivity index (χ0v) is 11.4. The molecule has 0 atom stereocenters. The summed E-state index contributed by atoms with van der Waals surface area (Å²) >= 11 is 0. The minimum Gasteiger partial charge on any atom is -0.330 e. The highest BCUT2D eigenvalue weighted by atomic mass is 14.6. The molecule has 0 heterocycles. The first-order chi connectivity index (χ1) is 8.84. The lowest BCUT2D eigenvalue weighted by molar-refractivity contribution is 0.452. The predicted octanol–water partition coefficient (Wildman–Crippen LogP) is 3.73. The Morgan fingerprint density at radius 1 is 0.889 bits per heavy atom. The van der Waals surface area contributed by atoms with Gasteiger partial charge in [0.2, 0.25) is 0 Å². The normalized spacial score (nSPS) is 22.5. The molecule has 0 spiro atoms. The van der Waals surface area contributed by atoms with Crippen molar-refractivity contribution >= 4 is 0 Å². The number of nitrogens with two attached hydrogens (primary N) is 1. The molecule has 0 aliphatic heterocycles. The summed E-state index contributed by atoms with van der Waals surface area (Å²) in [6.07, 6.45) is 12.0. The SMILES string of the molecule is NCC1(c2ccc3c(c2)CCCCC3)CCCC1. The molecule has 1 fully saturated rings. The Labute approximate surface area is 111 Å². The average Bonchev–Trinajstić information content (AvgIpc) is 2.78. The smallest absolute Gasteiger partial charge is 0.00756 e. The Kier molecular flexibility index (Phi) is 3.43. The zero-order chi connectivity index (χ0) is 12.4. The summed E-state index contributed by atoms with van der Waals surface area (Å²) in [6, 6.07) is 7.27. The topological polar surface area (TPSA) is 26.0 Å². The molecule has 1 aromatic rings. The quantitative estimate of drug-likeness (QED) is 0.787. The van der Waals surface area contributed by atoms with Crippen LogP contribution in [0.5, 0.6) is 0 Å². The van der Waals surface area contributed by atoms with Gasteiger partial charge in [0, 0.05) is 12.0 Å². The standard InChI is InChI=1S/C17H25N/c18-13-17(10-4-5-11-17)16-9-8-14-6-2-1-3-7-15(14)12-16/h8-9,12H,1-7,10-11,13,18H2. The summed E-state index contributed by atoms with van der Waals surface area (Å²) in [5.41, 5.74) is 11.2. The van der Waals surface area contributed by atoms with Crippen LogP contribution in [-0.2, 0) is 18.3 Å². The molecule has 0 radical (unpaired) electrons. The summed E-state index contributed by atoms with van der Waals surface area (Å²) < 4.78 is 0. The maximum Gasteiger partial charge on any atom is 0.00756 e. The molecule has 18 heavy (non-hydrogen) atoms. The Morgan fingerprint density at radius 3 is 2.33 bits per heavy atom. The second kappa shape index (κ2) is 5.05. The van der Waals surface area contributed by atoms with Crippen LogP contribution in [-0.4, -0.2) is 6.54 Å². The van der Waals surface area contributed by atoms with E-state index in [-0.39, 0.29) is 0 Å². The van der Waals surface area contributed by atoms with Gasteiger partial charge in [-0.15, -0.1) is 0 Å². The third-order valence-corrected chi connectivity index (χ3v) is 5.16. The zero-order valence-electron chi connectivity index (χ0n) is 11.4. The molecular formula is C17H25N. The number of hydrogen-bond acceptors (Lipinski definition) is 1. The Morgan fingerprint density at radius 2 is 1.61 bits per heavy atom. The minimum atomic E-state index is 0.307. The van der Waals surface area contributed by atoms with Crippen LogP contribution in [0.25, 0.3) is 0 Å². The summed E-state index contributed by atoms with van der Waals surface area (Å²) in [7, 11) is 0. The Hall–Kier alpha value is -0.820. The molecule has 2 aliphatic rings. The van der Waals surface area contributed by atoms with Crippen molar-refractivity contribution in [3.05, 3.63) is 34.9 Å². The monoisotopic (exact) mass is 243 g/mol. The van der Waals surface area contributed by atoms with E-state index in [0.29, 0.717) is 5.41 Å². The molecule has 0 unspecified atom stereocenters. The number of aryl methyl sites for hydroxylation is 2. The molecule has 98 valence electrons. The van der Waals surface area contributed by atoms with Gasteiger partial charge in [-0.2, -0.15) is 0 Å². The van der Waals surface area contributed by atoms with Crippen molar-refractivity contribution in [1.82, 2.24) is 0 Å². The first-order valence-corrected chi connectivity index (χ1v) is 7.66. The minimum absolute atomic E-state index is 0.307. The summed E-state index contributed by atoms with van der Waals surface area (Å²) in [6.45, 7) is 0.825. The summed E-state index contributed by atoms with van der Waals surface area (Å²) in [4.78, 5) is 0. The molecule has 2 N–H and O–H groups in total. The molecule has 0 bridgehead atoms. The molecule has 1 saturated carbocycles. The molecule has 0 amide bonds. The number of rotatable bonds is 2. The van der Waals surface area contributed by atoms with Crippen molar-refractivity contribution in [3.63, 3.8) is 0 Å². The second-order valence-electron chi connectivity index (χ2n) is 6.24. The molecule has 2 aliphatic carbocycles. The van der Waals surface area contributed by atoms with Crippen LogP contribution in [0.1, 0.15) is 61.6 Å². The van der Waals surface area contributed by atoms with E-state index in [2.05, 4.69) is 18.2 Å². The van der Waals surface area contributed by atoms with Crippen molar-refractivity contribution in [2.75, 3.05) is 6.54 Å². The van der Waals surface area contributed by atoms with Crippen molar-refractivity contribution in [2.24, 2.45) is 5.73 Å². The van der Waals surface area contributed by atoms with Gasteiger partial charge in [-0.05, 0) is 55.2 Å². The van der Waals surface area contributed by atoms with Crippen molar-refractivity contribution in [1.29, 1.82) is 0 Å². The Balaban J connectivity index is 1.95. The van der Waals surface area contributed by atoms with Gasteiger partial charge in [0.1, 0.15) is 0 Å². The van der Waals surface area contributed by atoms with Gasteiger partial charge in [-0.25, -0.2) is 0 Å². The Bertz CT molecular complexity index is 416. The first-order valence-electron chi connectivity index (χ1n) is 7.66. The average molecular weight is 243 g/mol. The number of hydrogen-bond donors (Lipinski definition) is 1. The van der Waals surface area contributed by atoms with Crippen LogP contribution in [0.3, 0.4) is 0 Å². The molecule has 1 heteroatoms. The maximum atomic E-state index is 6.11. The van der Waals surface area contributed by atoms with Crippen LogP contribution >= 0.6 is 0 Å². The second-order valence-corrected chi connectivity index (χ2v) is 6.24. The summed E-state index contributed by atoms with van der Waals surface area (Å²) in [5, 5.41) is 0. The number of fused-ring (bicyclic) bond motifs is 1. The third kappa shape index (κ3) is 2.09. The van der Waals surface area contributed by atoms with Gasteiger partial charge in [0.05, 0.1) is 0 Å². The van der Waals surface area contributed by atoms with Crippen LogP contribution in [0, 0.1) is 0 Å². The molecule has 0 aromatic heterocycles. The van der Waals surface area contributed by atoms with Crippen LogP contribution in [0.2, 0.25) is 0 Å². The van der Waals surface area contributed by atoms with E-state index in [1.165, 1.54) is 63.4 Å². The lowest BCUT2D eigenvalue weighted by atomic mass is 9.77. The molecule has 3 rings (SSSR count). The molecular weight excluding hydrogens is 218 g/mol. The number of benzene rings is 1. The highest BCUT2D eigenvalue weighted by Crippen LogP contribution is 2.41. The van der Waals surface area contributed by atoms with Crippen molar-refractivity contribution in [2.45, 2.75) is 63.2 Å². The van der Waals surface area contributed by atoms with Crippen LogP contribution in [0.4, 0.5) is 0 Å². The van der Waals surface area contributed by atoms with E-state index >= 15 is 0 Å². The fourth-order valence-electron chi connectivity index (χ4n) is 3.90. The van der Waals surface area contributed by atoms with Gasteiger partial charge in [0.15, 0.2) is 0 Å². The largest absolute Gasteiger partial charge is 0.330 e. The highest BCUT2D eigenvalue weighted by Gasteiger charge is 2.34. The van der Waals surface area contributed by atoms with Gasteiger partial charge < -0.3 is 5.73 Å². The first kappa shape index (κ1) is 12.2. The van der Waals surface area contributed by atoms with Crippen molar-refractivity contribution < 1.29 is 0 Å². The summed E-state index contributed by atoms with van der Waals surface area (Å²) in [5.74, 6) is 0. The van der Waals surface area contributed by atoms with E-state index in [1.54, 1.807) is 11.1 Å². The third-order valence-electron chi connectivity index (χ3n) is 5.16. The fraction of sp³-hybridized carbons (Fsp3) is 0.647. The van der Waals surface area contributed by atoms with E-state index in [4.69, 9.17) is 5.73 Å². The van der Waals surface area contributed by atoms with Gasteiger partial charge in [-0.3, -0.25) is 0 Å². The van der Waals surface area contributed by atoms with Crippen LogP contribution < -0.4 is 5.73 Å². The fourth-order valence-corrected chi connectivity index (χ4v) is 3.90. The lowest BCUT2D eigenvalue weighted by Crippen LogP contribution is -2.32. The van der Waals surface area contributed by atoms with Crippen molar-refractivity contribution in [3.8, 4) is 0 Å². The lowest BCUT2D eigenvalue weighted by Gasteiger charge is -2.29. The maximum absolute atomic E-state index is 6.11. The van der Waals surface area contributed by atoms with Gasteiger partial charge in [0.25, 0.3) is 0 Å². The van der Waals surface area contributed by atoms with E-state index in [9.17, 15) is 0 Å². The molecule has 0 saturated heterocycles. The predicted molar refractivity (Wildman–Crippen MR) is 76.9 cm³/mol. The van der Waals surface area contributed by atoms with E-state index in [0.717, 1.165) is 6.54 Å². The highest BCUT2D eigenvalue weighted by molar-refractivity contribution is 5.37. The molecule has 1 nitrogen and oxygen atoms in total. The van der Waals surface area contributed by atoms with E-state index < -0.39 is 0 Å². The van der Waals surface area contributed by atoms with Crippen LogP contribution in [0.15, 0.2) is 18.2 Å². The van der Waals surface area contributed by atoms with Gasteiger partial charge in [-0.1, -0.05) is 37.5 Å². The molecule has 1 aromatic carbocycles.